The van der Waals surface area contributed by atoms with E-state index in [2.05, 4.69) is 5.16 Å². The zero-order chi connectivity index (χ0) is 11.5. The Labute approximate surface area is 103 Å². The standard InChI is InChI=1S/C11H9Cl2NO2/c12-9-4-3-8(10(13)5-9)6-14-16-11(15)7-1-2-7/h3-7H,1-2H2/b14-6+. The fourth-order valence-electron chi connectivity index (χ4n) is 1.13. The smallest absolute Gasteiger partial charge is 0.318 e. The van der Waals surface area contributed by atoms with Crippen LogP contribution < -0.4 is 0 Å². The number of hydrogen-bond acceptors (Lipinski definition) is 3. The lowest BCUT2D eigenvalue weighted by atomic mass is 10.2. The molecule has 0 saturated heterocycles. The topological polar surface area (TPSA) is 38.7 Å². The van der Waals surface area contributed by atoms with Gasteiger partial charge in [-0.1, -0.05) is 34.4 Å². The molecule has 1 aliphatic rings. The second-order valence-electron chi connectivity index (χ2n) is 3.58. The summed E-state index contributed by atoms with van der Waals surface area (Å²) < 4.78 is 0. The molecule has 0 aliphatic heterocycles. The Bertz CT molecular complexity index is 442. The molecule has 1 fully saturated rings. The van der Waals surface area contributed by atoms with Gasteiger partial charge >= 0.3 is 5.97 Å². The molecule has 1 aliphatic carbocycles. The van der Waals surface area contributed by atoms with Crippen LogP contribution in [0.15, 0.2) is 23.4 Å². The molecule has 84 valence electrons. The largest absolute Gasteiger partial charge is 0.338 e. The van der Waals surface area contributed by atoms with E-state index in [4.69, 9.17) is 28.0 Å². The number of hydrogen-bond donors (Lipinski definition) is 0. The van der Waals surface area contributed by atoms with Gasteiger partial charge in [-0.25, -0.2) is 4.79 Å². The minimum absolute atomic E-state index is 0.0397. The van der Waals surface area contributed by atoms with E-state index in [0.29, 0.717) is 15.6 Å². The van der Waals surface area contributed by atoms with Crippen LogP contribution in [0, 0.1) is 5.92 Å². The summed E-state index contributed by atoms with van der Waals surface area (Å²) in [5, 5.41) is 4.62. The van der Waals surface area contributed by atoms with Crippen molar-refractivity contribution in [1.82, 2.24) is 0 Å². The summed E-state index contributed by atoms with van der Waals surface area (Å²) in [4.78, 5) is 15.8. The van der Waals surface area contributed by atoms with Crippen molar-refractivity contribution >= 4 is 35.4 Å². The molecule has 0 atom stereocenters. The number of carbonyl (C=O) groups excluding carboxylic acids is 1. The van der Waals surface area contributed by atoms with Gasteiger partial charge in [0.1, 0.15) is 0 Å². The molecule has 0 radical (unpaired) electrons. The van der Waals surface area contributed by atoms with Gasteiger partial charge in [0.15, 0.2) is 0 Å². The van der Waals surface area contributed by atoms with Crippen LogP contribution in [0.1, 0.15) is 18.4 Å². The van der Waals surface area contributed by atoms with Crippen molar-refractivity contribution in [3.05, 3.63) is 33.8 Å². The van der Waals surface area contributed by atoms with Crippen molar-refractivity contribution in [3.8, 4) is 0 Å². The fourth-order valence-corrected chi connectivity index (χ4v) is 1.59. The predicted octanol–water partition coefficient (Wildman–Crippen LogP) is 3.28. The number of oxime groups is 1. The minimum Gasteiger partial charge on any atom is -0.318 e. The molecule has 0 amide bonds. The van der Waals surface area contributed by atoms with Gasteiger partial charge in [-0.3, -0.25) is 0 Å². The second-order valence-corrected chi connectivity index (χ2v) is 4.43. The molecule has 0 bridgehead atoms. The first-order valence-corrected chi connectivity index (χ1v) is 5.61. The van der Waals surface area contributed by atoms with Crippen LogP contribution in [-0.4, -0.2) is 12.2 Å². The molecular weight excluding hydrogens is 249 g/mol. The first-order chi connectivity index (χ1) is 7.66. The third kappa shape index (κ3) is 2.97. The molecule has 3 nitrogen and oxygen atoms in total. The summed E-state index contributed by atoms with van der Waals surface area (Å²) in [5.74, 6) is -0.237. The molecule has 16 heavy (non-hydrogen) atoms. The van der Waals surface area contributed by atoms with Gasteiger partial charge in [-0.05, 0) is 25.0 Å². The van der Waals surface area contributed by atoms with Crippen molar-refractivity contribution in [2.45, 2.75) is 12.8 Å². The van der Waals surface area contributed by atoms with Gasteiger partial charge < -0.3 is 4.84 Å². The van der Waals surface area contributed by atoms with Crippen molar-refractivity contribution in [2.24, 2.45) is 11.1 Å². The van der Waals surface area contributed by atoms with Crippen LogP contribution >= 0.6 is 23.2 Å². The number of carbonyl (C=O) groups is 1. The van der Waals surface area contributed by atoms with Crippen LogP contribution in [-0.2, 0) is 9.63 Å². The van der Waals surface area contributed by atoms with E-state index in [1.54, 1.807) is 18.2 Å². The van der Waals surface area contributed by atoms with Crippen molar-refractivity contribution in [3.63, 3.8) is 0 Å². The number of nitrogens with zero attached hydrogens (tertiary/aromatic N) is 1. The molecule has 0 N–H and O–H groups in total. The van der Waals surface area contributed by atoms with Crippen molar-refractivity contribution in [1.29, 1.82) is 0 Å². The Morgan fingerprint density at radius 3 is 2.81 bits per heavy atom. The summed E-state index contributed by atoms with van der Waals surface area (Å²) in [5.41, 5.74) is 0.662. The fraction of sp³-hybridized carbons (Fsp3) is 0.273. The Hall–Kier alpha value is -1.06. The maximum Gasteiger partial charge on any atom is 0.338 e. The van der Waals surface area contributed by atoms with E-state index in [9.17, 15) is 4.79 Å². The van der Waals surface area contributed by atoms with Crippen LogP contribution in [0.2, 0.25) is 10.0 Å². The highest BCUT2D eigenvalue weighted by atomic mass is 35.5. The number of benzene rings is 1. The third-order valence-electron chi connectivity index (χ3n) is 2.21. The van der Waals surface area contributed by atoms with Gasteiger partial charge in [-0.15, -0.1) is 0 Å². The maximum absolute atomic E-state index is 11.1. The molecule has 5 heteroatoms. The lowest BCUT2D eigenvalue weighted by Crippen LogP contribution is -2.01. The van der Waals surface area contributed by atoms with Crippen LogP contribution in [0.5, 0.6) is 0 Å². The van der Waals surface area contributed by atoms with Gasteiger partial charge in [0, 0.05) is 10.6 Å². The van der Waals surface area contributed by atoms with Gasteiger partial charge in [0.2, 0.25) is 0 Å². The van der Waals surface area contributed by atoms with Crippen molar-refractivity contribution in [2.75, 3.05) is 0 Å². The summed E-state index contributed by atoms with van der Waals surface area (Å²) in [6.07, 6.45) is 3.20. The Kier molecular flexibility index (Phi) is 3.46. The molecule has 2 rings (SSSR count). The predicted molar refractivity (Wildman–Crippen MR) is 62.9 cm³/mol. The lowest BCUT2D eigenvalue weighted by Gasteiger charge is -1.98. The van der Waals surface area contributed by atoms with Crippen LogP contribution in [0.25, 0.3) is 0 Å². The average molecular weight is 258 g/mol. The number of rotatable bonds is 3. The maximum atomic E-state index is 11.1. The Morgan fingerprint density at radius 1 is 1.44 bits per heavy atom. The zero-order valence-corrected chi connectivity index (χ0v) is 9.83. The highest BCUT2D eigenvalue weighted by Gasteiger charge is 2.31. The Balaban J connectivity index is 1.97. The molecule has 1 saturated carbocycles. The average Bonchev–Trinajstić information content (AvgIpc) is 3.04. The molecule has 1 aromatic rings. The molecule has 0 spiro atoms. The van der Waals surface area contributed by atoms with E-state index in [1.807, 2.05) is 0 Å². The van der Waals surface area contributed by atoms with E-state index < -0.39 is 0 Å². The van der Waals surface area contributed by atoms with Gasteiger partial charge in [0.05, 0.1) is 17.2 Å². The van der Waals surface area contributed by atoms with E-state index in [0.717, 1.165) is 12.8 Å². The van der Waals surface area contributed by atoms with E-state index in [1.165, 1.54) is 6.21 Å². The molecule has 1 aromatic carbocycles. The molecule has 0 unspecified atom stereocenters. The highest BCUT2D eigenvalue weighted by Crippen LogP contribution is 2.30. The van der Waals surface area contributed by atoms with Gasteiger partial charge in [-0.2, -0.15) is 0 Å². The quantitative estimate of drug-likeness (QED) is 0.474. The third-order valence-corrected chi connectivity index (χ3v) is 2.77. The first kappa shape index (κ1) is 11.4. The Morgan fingerprint density at radius 2 is 2.19 bits per heavy atom. The molecule has 0 aromatic heterocycles. The summed E-state index contributed by atoms with van der Waals surface area (Å²) >= 11 is 11.6. The van der Waals surface area contributed by atoms with Gasteiger partial charge in [0.25, 0.3) is 0 Å². The highest BCUT2D eigenvalue weighted by molar-refractivity contribution is 6.36. The first-order valence-electron chi connectivity index (χ1n) is 4.86. The minimum atomic E-state index is -0.277. The summed E-state index contributed by atoms with van der Waals surface area (Å²) in [6, 6.07) is 5.00. The number of halogens is 2. The van der Waals surface area contributed by atoms with E-state index in [-0.39, 0.29) is 11.9 Å². The second kappa shape index (κ2) is 4.85. The van der Waals surface area contributed by atoms with Crippen molar-refractivity contribution < 1.29 is 9.63 Å². The normalized spacial score (nSPS) is 15.4. The van der Waals surface area contributed by atoms with E-state index >= 15 is 0 Å². The molecular formula is C11H9Cl2NO2. The van der Waals surface area contributed by atoms with Crippen LogP contribution in [0.4, 0.5) is 0 Å². The SMILES string of the molecule is O=C(O/N=C/c1ccc(Cl)cc1Cl)C1CC1. The summed E-state index contributed by atoms with van der Waals surface area (Å²) in [7, 11) is 0. The lowest BCUT2D eigenvalue weighted by molar-refractivity contribution is -0.145. The zero-order valence-electron chi connectivity index (χ0n) is 8.32. The summed E-state index contributed by atoms with van der Waals surface area (Å²) in [6.45, 7) is 0. The monoisotopic (exact) mass is 257 g/mol. The molecule has 0 heterocycles. The van der Waals surface area contributed by atoms with Crippen LogP contribution in [0.3, 0.4) is 0 Å².